The monoisotopic (exact) mass is 193 g/mol. The van der Waals surface area contributed by atoms with Crippen molar-refractivity contribution in [3.63, 3.8) is 0 Å². The summed E-state index contributed by atoms with van der Waals surface area (Å²) in [5.74, 6) is 0.711. The minimum atomic E-state index is -0.0704. The van der Waals surface area contributed by atoms with E-state index in [1.165, 1.54) is 0 Å². The molecule has 0 fully saturated rings. The standard InChI is InChI=1S/C10H15N3O/c1-10(2,3)7-6-8(14)13-5-4-11-9(13)12-7/h6H,4-5H2,1-3H3,(H,11,12). The van der Waals surface area contributed by atoms with Crippen LogP contribution >= 0.6 is 0 Å². The maximum atomic E-state index is 11.7. The number of nitrogens with zero attached hydrogens (tertiary/aromatic N) is 2. The third-order valence-corrected chi connectivity index (χ3v) is 2.40. The molecule has 0 bridgehead atoms. The third-order valence-electron chi connectivity index (χ3n) is 2.40. The van der Waals surface area contributed by atoms with Gasteiger partial charge < -0.3 is 5.32 Å². The van der Waals surface area contributed by atoms with Crippen LogP contribution in [0.25, 0.3) is 0 Å². The fourth-order valence-electron chi connectivity index (χ4n) is 1.52. The number of hydrogen-bond donors (Lipinski definition) is 1. The summed E-state index contributed by atoms with van der Waals surface area (Å²) in [6.07, 6.45) is 0. The van der Waals surface area contributed by atoms with E-state index in [9.17, 15) is 4.79 Å². The summed E-state index contributed by atoms with van der Waals surface area (Å²) in [6.45, 7) is 7.70. The summed E-state index contributed by atoms with van der Waals surface area (Å²) in [4.78, 5) is 16.1. The predicted octanol–water partition coefficient (Wildman–Crippen LogP) is 0.966. The first-order valence-corrected chi connectivity index (χ1v) is 4.85. The van der Waals surface area contributed by atoms with Crippen molar-refractivity contribution in [2.75, 3.05) is 11.9 Å². The fraction of sp³-hybridized carbons (Fsp3) is 0.600. The molecule has 2 rings (SSSR count). The molecule has 2 heterocycles. The van der Waals surface area contributed by atoms with Crippen molar-refractivity contribution in [3.8, 4) is 0 Å². The molecule has 0 aromatic carbocycles. The molecule has 0 spiro atoms. The normalized spacial score (nSPS) is 15.1. The van der Waals surface area contributed by atoms with Gasteiger partial charge in [0.05, 0.1) is 5.69 Å². The van der Waals surface area contributed by atoms with Crippen LogP contribution in [0.3, 0.4) is 0 Å². The Morgan fingerprint density at radius 3 is 2.86 bits per heavy atom. The van der Waals surface area contributed by atoms with Gasteiger partial charge in [-0.05, 0) is 0 Å². The van der Waals surface area contributed by atoms with Gasteiger partial charge >= 0.3 is 0 Å². The molecule has 0 aliphatic carbocycles. The maximum Gasteiger partial charge on any atom is 0.255 e. The molecule has 0 atom stereocenters. The molecule has 1 N–H and O–H groups in total. The van der Waals surface area contributed by atoms with Crippen LogP contribution in [-0.4, -0.2) is 16.1 Å². The van der Waals surface area contributed by atoms with Gasteiger partial charge in [0.25, 0.3) is 5.56 Å². The SMILES string of the molecule is CC(C)(C)c1cc(=O)n2c(n1)NCC2. The lowest BCUT2D eigenvalue weighted by molar-refractivity contribution is 0.562. The van der Waals surface area contributed by atoms with Gasteiger partial charge in [-0.2, -0.15) is 0 Å². The Kier molecular flexibility index (Phi) is 1.87. The van der Waals surface area contributed by atoms with Gasteiger partial charge in [-0.3, -0.25) is 9.36 Å². The topological polar surface area (TPSA) is 46.9 Å². The van der Waals surface area contributed by atoms with E-state index >= 15 is 0 Å². The van der Waals surface area contributed by atoms with Crippen molar-refractivity contribution in [2.24, 2.45) is 0 Å². The van der Waals surface area contributed by atoms with Gasteiger partial charge in [0.1, 0.15) is 0 Å². The number of anilines is 1. The average molecular weight is 193 g/mol. The molecule has 0 amide bonds. The van der Waals surface area contributed by atoms with Gasteiger partial charge in [0.2, 0.25) is 5.95 Å². The van der Waals surface area contributed by atoms with Crippen molar-refractivity contribution in [3.05, 3.63) is 22.1 Å². The quantitative estimate of drug-likeness (QED) is 0.667. The molecule has 0 saturated carbocycles. The van der Waals surface area contributed by atoms with E-state index in [2.05, 4.69) is 31.1 Å². The van der Waals surface area contributed by atoms with E-state index in [1.807, 2.05) is 0 Å². The Balaban J connectivity index is 2.58. The highest BCUT2D eigenvalue weighted by Crippen LogP contribution is 2.20. The van der Waals surface area contributed by atoms with Crippen LogP contribution in [0.2, 0.25) is 0 Å². The molecule has 1 aromatic rings. The minimum absolute atomic E-state index is 0.0462. The van der Waals surface area contributed by atoms with Gasteiger partial charge in [-0.25, -0.2) is 4.98 Å². The van der Waals surface area contributed by atoms with Crippen molar-refractivity contribution in [2.45, 2.75) is 32.7 Å². The lowest BCUT2D eigenvalue weighted by Crippen LogP contribution is -2.24. The van der Waals surface area contributed by atoms with Crippen LogP contribution in [-0.2, 0) is 12.0 Å². The van der Waals surface area contributed by atoms with E-state index in [-0.39, 0.29) is 11.0 Å². The Morgan fingerprint density at radius 1 is 1.50 bits per heavy atom. The second-order valence-electron chi connectivity index (χ2n) is 4.63. The van der Waals surface area contributed by atoms with Crippen LogP contribution in [0.15, 0.2) is 10.9 Å². The lowest BCUT2D eigenvalue weighted by Gasteiger charge is -2.18. The minimum Gasteiger partial charge on any atom is -0.354 e. The molecular weight excluding hydrogens is 178 g/mol. The molecule has 0 radical (unpaired) electrons. The first kappa shape index (κ1) is 9.24. The first-order valence-electron chi connectivity index (χ1n) is 4.85. The summed E-state index contributed by atoms with van der Waals surface area (Å²) in [5.41, 5.74) is 0.826. The van der Waals surface area contributed by atoms with E-state index < -0.39 is 0 Å². The molecule has 1 aliphatic heterocycles. The van der Waals surface area contributed by atoms with Crippen LogP contribution in [0.4, 0.5) is 5.95 Å². The Labute approximate surface area is 83.0 Å². The molecule has 1 aromatic heterocycles. The Hall–Kier alpha value is -1.32. The smallest absolute Gasteiger partial charge is 0.255 e. The van der Waals surface area contributed by atoms with E-state index in [0.717, 1.165) is 18.8 Å². The number of fused-ring (bicyclic) bond motifs is 1. The molecule has 0 unspecified atom stereocenters. The largest absolute Gasteiger partial charge is 0.354 e. The van der Waals surface area contributed by atoms with Crippen molar-refractivity contribution in [1.29, 1.82) is 0 Å². The molecule has 4 nitrogen and oxygen atoms in total. The highest BCUT2D eigenvalue weighted by Gasteiger charge is 2.20. The number of nitrogens with one attached hydrogen (secondary N) is 1. The Bertz CT molecular complexity index is 414. The van der Waals surface area contributed by atoms with Gasteiger partial charge in [0, 0.05) is 24.6 Å². The lowest BCUT2D eigenvalue weighted by atomic mass is 9.92. The average Bonchev–Trinajstić information content (AvgIpc) is 2.50. The van der Waals surface area contributed by atoms with Gasteiger partial charge in [-0.15, -0.1) is 0 Å². The molecule has 1 aliphatic rings. The van der Waals surface area contributed by atoms with Crippen LogP contribution < -0.4 is 10.9 Å². The van der Waals surface area contributed by atoms with Crippen molar-refractivity contribution >= 4 is 5.95 Å². The third kappa shape index (κ3) is 1.41. The molecule has 0 saturated heterocycles. The molecule has 76 valence electrons. The summed E-state index contributed by atoms with van der Waals surface area (Å²) >= 11 is 0. The van der Waals surface area contributed by atoms with E-state index in [0.29, 0.717) is 5.95 Å². The second kappa shape index (κ2) is 2.83. The van der Waals surface area contributed by atoms with E-state index in [1.54, 1.807) is 10.6 Å². The zero-order valence-corrected chi connectivity index (χ0v) is 8.79. The second-order valence-corrected chi connectivity index (χ2v) is 4.63. The van der Waals surface area contributed by atoms with Crippen molar-refractivity contribution < 1.29 is 0 Å². The van der Waals surface area contributed by atoms with Gasteiger partial charge in [0.15, 0.2) is 0 Å². The Morgan fingerprint density at radius 2 is 2.21 bits per heavy atom. The maximum absolute atomic E-state index is 11.7. The van der Waals surface area contributed by atoms with Gasteiger partial charge in [-0.1, -0.05) is 20.8 Å². The highest BCUT2D eigenvalue weighted by atomic mass is 16.1. The summed E-state index contributed by atoms with van der Waals surface area (Å²) in [5, 5.41) is 3.11. The predicted molar refractivity (Wildman–Crippen MR) is 55.7 cm³/mol. The zero-order chi connectivity index (χ0) is 10.3. The molecule has 4 heteroatoms. The summed E-state index contributed by atoms with van der Waals surface area (Å²) < 4.78 is 1.68. The van der Waals surface area contributed by atoms with Crippen LogP contribution in [0, 0.1) is 0 Å². The number of hydrogen-bond acceptors (Lipinski definition) is 3. The highest BCUT2D eigenvalue weighted by molar-refractivity contribution is 5.32. The summed E-state index contributed by atoms with van der Waals surface area (Å²) in [6, 6.07) is 1.64. The van der Waals surface area contributed by atoms with E-state index in [4.69, 9.17) is 0 Å². The number of rotatable bonds is 0. The number of aromatic nitrogens is 2. The zero-order valence-electron chi connectivity index (χ0n) is 8.79. The van der Waals surface area contributed by atoms with Crippen LogP contribution in [0.5, 0.6) is 0 Å². The fourth-order valence-corrected chi connectivity index (χ4v) is 1.52. The van der Waals surface area contributed by atoms with Crippen LogP contribution in [0.1, 0.15) is 26.5 Å². The summed E-state index contributed by atoms with van der Waals surface area (Å²) in [7, 11) is 0. The molecular formula is C10H15N3O. The first-order chi connectivity index (χ1) is 6.48. The van der Waals surface area contributed by atoms with Crippen molar-refractivity contribution in [1.82, 2.24) is 9.55 Å². The molecule has 14 heavy (non-hydrogen) atoms.